The van der Waals surface area contributed by atoms with Gasteiger partial charge in [-0.15, -0.1) is 0 Å². The average Bonchev–Trinajstić information content (AvgIpc) is 2.75. The maximum atomic E-state index is 11.8. The second-order valence-electron chi connectivity index (χ2n) is 5.61. The standard InChI is InChI=1S/2C9H9F3N2O2.H2S/c2*1-16-7-4-2-6(3-5-7)13-14-8(15)9(10,11)12;/h2*2-5,13H,1H3,(H,14,15);1H2. The summed E-state index contributed by atoms with van der Waals surface area (Å²) >= 11 is 0. The maximum Gasteiger partial charge on any atom is 0.472 e. The number of hydrazine groups is 2. The molecule has 0 atom stereocenters. The molecule has 2 amide bonds. The summed E-state index contributed by atoms with van der Waals surface area (Å²) in [5, 5.41) is 0. The molecule has 0 aromatic heterocycles. The van der Waals surface area contributed by atoms with Gasteiger partial charge in [0.2, 0.25) is 0 Å². The van der Waals surface area contributed by atoms with Crippen LogP contribution in [0.25, 0.3) is 0 Å². The molecule has 0 aliphatic carbocycles. The van der Waals surface area contributed by atoms with Gasteiger partial charge in [-0.05, 0) is 48.5 Å². The van der Waals surface area contributed by atoms with E-state index in [4.69, 9.17) is 9.47 Å². The number of hydrogen-bond acceptors (Lipinski definition) is 6. The fourth-order valence-electron chi connectivity index (χ4n) is 1.75. The minimum absolute atomic E-state index is 0. The number of methoxy groups -OCH3 is 2. The summed E-state index contributed by atoms with van der Waals surface area (Å²) < 4.78 is 80.5. The zero-order valence-corrected chi connectivity index (χ0v) is 18.0. The van der Waals surface area contributed by atoms with Crippen LogP contribution in [0.1, 0.15) is 0 Å². The lowest BCUT2D eigenvalue weighted by molar-refractivity contribution is -0.173. The van der Waals surface area contributed by atoms with Gasteiger partial charge in [-0.1, -0.05) is 0 Å². The molecule has 0 heterocycles. The zero-order chi connectivity index (χ0) is 24.4. The molecular formula is C18H20F6N4O4S. The topological polar surface area (TPSA) is 101 Å². The molecule has 0 saturated carbocycles. The van der Waals surface area contributed by atoms with Crippen LogP contribution in [0.4, 0.5) is 37.7 Å². The van der Waals surface area contributed by atoms with Crippen LogP contribution in [0.3, 0.4) is 0 Å². The third-order valence-electron chi connectivity index (χ3n) is 3.34. The number of alkyl halides is 6. The first kappa shape index (κ1) is 29.5. The molecule has 0 aliphatic heterocycles. The Labute approximate surface area is 191 Å². The Bertz CT molecular complexity index is 804. The number of benzene rings is 2. The highest BCUT2D eigenvalue weighted by molar-refractivity contribution is 7.59. The lowest BCUT2D eigenvalue weighted by Gasteiger charge is -2.10. The number of carbonyl (C=O) groups excluding carboxylic acids is 2. The van der Waals surface area contributed by atoms with Gasteiger partial charge >= 0.3 is 24.2 Å². The van der Waals surface area contributed by atoms with Crippen molar-refractivity contribution in [2.24, 2.45) is 0 Å². The molecular weight excluding hydrogens is 482 g/mol. The highest BCUT2D eigenvalue weighted by Crippen LogP contribution is 2.17. The van der Waals surface area contributed by atoms with Gasteiger partial charge in [-0.2, -0.15) is 39.8 Å². The number of anilines is 2. The average molecular weight is 502 g/mol. The van der Waals surface area contributed by atoms with E-state index in [9.17, 15) is 35.9 Å². The predicted molar refractivity (Wildman–Crippen MR) is 112 cm³/mol. The molecule has 8 nitrogen and oxygen atoms in total. The molecule has 2 rings (SSSR count). The van der Waals surface area contributed by atoms with Crippen LogP contribution in [0.2, 0.25) is 0 Å². The SMILES string of the molecule is COc1ccc(NNC(=O)C(F)(F)F)cc1.COc1ccc(NNC(=O)C(F)(F)F)cc1.S. The normalized spacial score (nSPS) is 10.4. The lowest BCUT2D eigenvalue weighted by atomic mass is 10.3. The minimum atomic E-state index is -4.90. The first-order valence-electron chi connectivity index (χ1n) is 8.41. The summed E-state index contributed by atoms with van der Waals surface area (Å²) in [6.45, 7) is 0. The molecule has 0 aliphatic rings. The number of hydrogen-bond donors (Lipinski definition) is 4. The molecule has 33 heavy (non-hydrogen) atoms. The second kappa shape index (κ2) is 13.1. The van der Waals surface area contributed by atoms with Crippen molar-refractivity contribution in [3.63, 3.8) is 0 Å². The van der Waals surface area contributed by atoms with Gasteiger partial charge in [0.1, 0.15) is 11.5 Å². The van der Waals surface area contributed by atoms with E-state index in [2.05, 4.69) is 10.9 Å². The van der Waals surface area contributed by atoms with Crippen LogP contribution in [-0.2, 0) is 9.59 Å². The first-order chi connectivity index (χ1) is 14.9. The second-order valence-corrected chi connectivity index (χ2v) is 5.61. The van der Waals surface area contributed by atoms with Gasteiger partial charge in [0, 0.05) is 0 Å². The lowest BCUT2D eigenvalue weighted by Crippen LogP contribution is -2.40. The third kappa shape index (κ3) is 11.1. The zero-order valence-electron chi connectivity index (χ0n) is 17.0. The first-order valence-corrected chi connectivity index (χ1v) is 8.41. The predicted octanol–water partition coefficient (Wildman–Crippen LogP) is 3.51. The maximum absolute atomic E-state index is 11.8. The van der Waals surface area contributed by atoms with E-state index in [1.807, 2.05) is 0 Å². The minimum Gasteiger partial charge on any atom is -0.497 e. The largest absolute Gasteiger partial charge is 0.497 e. The summed E-state index contributed by atoms with van der Waals surface area (Å²) in [6, 6.07) is 12.0. The van der Waals surface area contributed by atoms with E-state index in [0.717, 1.165) is 0 Å². The molecule has 184 valence electrons. The quantitative estimate of drug-likeness (QED) is 0.357. The van der Waals surface area contributed by atoms with Crippen molar-refractivity contribution in [2.75, 3.05) is 25.1 Å². The fourth-order valence-corrected chi connectivity index (χ4v) is 1.75. The molecule has 0 bridgehead atoms. The third-order valence-corrected chi connectivity index (χ3v) is 3.34. The number of ether oxygens (including phenoxy) is 2. The summed E-state index contributed by atoms with van der Waals surface area (Å²) in [5.74, 6) is -2.98. The van der Waals surface area contributed by atoms with Gasteiger partial charge in [0.25, 0.3) is 0 Å². The fraction of sp³-hybridized carbons (Fsp3) is 0.222. The Morgan fingerprint density at radius 2 is 0.909 bits per heavy atom. The van der Waals surface area contributed by atoms with E-state index < -0.39 is 24.2 Å². The van der Waals surface area contributed by atoms with Crippen LogP contribution in [0, 0.1) is 0 Å². The molecule has 2 aromatic carbocycles. The molecule has 0 saturated heterocycles. The van der Waals surface area contributed by atoms with Crippen LogP contribution in [0.15, 0.2) is 48.5 Å². The Morgan fingerprint density at radius 3 is 1.12 bits per heavy atom. The summed E-state index contributed by atoms with van der Waals surface area (Å²) in [6.07, 6.45) is -9.81. The Balaban J connectivity index is 0.000000602. The van der Waals surface area contributed by atoms with Gasteiger partial charge in [0.05, 0.1) is 25.6 Å². The van der Waals surface area contributed by atoms with Crippen molar-refractivity contribution < 1.29 is 45.4 Å². The summed E-state index contributed by atoms with van der Waals surface area (Å²) in [7, 11) is 2.93. The highest BCUT2D eigenvalue weighted by atomic mass is 32.1. The van der Waals surface area contributed by atoms with E-state index >= 15 is 0 Å². The smallest absolute Gasteiger partial charge is 0.472 e. The summed E-state index contributed by atoms with van der Waals surface area (Å²) in [4.78, 5) is 20.9. The molecule has 0 radical (unpaired) electrons. The van der Waals surface area contributed by atoms with Crippen LogP contribution >= 0.6 is 13.5 Å². The van der Waals surface area contributed by atoms with Crippen molar-refractivity contribution in [1.29, 1.82) is 0 Å². The molecule has 0 spiro atoms. The molecule has 4 N–H and O–H groups in total. The van der Waals surface area contributed by atoms with E-state index in [0.29, 0.717) is 22.9 Å². The van der Waals surface area contributed by atoms with Crippen molar-refractivity contribution >= 4 is 36.7 Å². The Hall–Kier alpha value is -3.49. The molecule has 0 unspecified atom stereocenters. The van der Waals surface area contributed by atoms with E-state index in [1.165, 1.54) is 49.3 Å². The number of carbonyl (C=O) groups is 2. The van der Waals surface area contributed by atoms with Crippen molar-refractivity contribution in [3.05, 3.63) is 48.5 Å². The van der Waals surface area contributed by atoms with E-state index in [1.54, 1.807) is 24.3 Å². The van der Waals surface area contributed by atoms with Gasteiger partial charge < -0.3 is 9.47 Å². The van der Waals surface area contributed by atoms with Gasteiger partial charge in [0.15, 0.2) is 0 Å². The van der Waals surface area contributed by atoms with Gasteiger partial charge in [-0.25, -0.2) is 0 Å². The number of nitrogens with one attached hydrogen (secondary N) is 4. The Kier molecular flexibility index (Phi) is 11.8. The van der Waals surface area contributed by atoms with E-state index in [-0.39, 0.29) is 13.5 Å². The van der Waals surface area contributed by atoms with Crippen LogP contribution in [0.5, 0.6) is 11.5 Å². The summed E-state index contributed by atoms with van der Waals surface area (Å²) in [5.41, 5.74) is 7.93. The van der Waals surface area contributed by atoms with Crippen molar-refractivity contribution in [1.82, 2.24) is 10.9 Å². The monoisotopic (exact) mass is 502 g/mol. The van der Waals surface area contributed by atoms with Crippen molar-refractivity contribution in [3.8, 4) is 11.5 Å². The number of amides is 2. The van der Waals surface area contributed by atoms with Gasteiger partial charge in [-0.3, -0.25) is 31.3 Å². The molecule has 0 fully saturated rings. The van der Waals surface area contributed by atoms with Crippen molar-refractivity contribution in [2.45, 2.75) is 12.4 Å². The van der Waals surface area contributed by atoms with Crippen LogP contribution < -0.4 is 31.2 Å². The molecule has 2 aromatic rings. The number of rotatable bonds is 6. The molecule has 15 heteroatoms. The highest BCUT2D eigenvalue weighted by Gasteiger charge is 2.39. The van der Waals surface area contributed by atoms with Crippen LogP contribution in [-0.4, -0.2) is 38.4 Å². The Morgan fingerprint density at radius 1 is 0.636 bits per heavy atom. The number of halogens is 6.